The predicted molar refractivity (Wildman–Crippen MR) is 79.8 cm³/mol. The lowest BCUT2D eigenvalue weighted by Crippen LogP contribution is -2.46. The molecule has 0 spiro atoms. The summed E-state index contributed by atoms with van der Waals surface area (Å²) >= 11 is 0. The number of piperidine rings is 1. The first-order valence-corrected chi connectivity index (χ1v) is 7.61. The van der Waals surface area contributed by atoms with Gasteiger partial charge in [0.05, 0.1) is 0 Å². The number of likely N-dealkylation sites (tertiary alicyclic amines) is 1. The maximum absolute atomic E-state index is 12.1. The lowest BCUT2D eigenvalue weighted by atomic mass is 10.0. The SMILES string of the molecule is CCN1CCCC(NC(C)c2ccc(OC(F)F)cc2)C1. The fourth-order valence-electron chi connectivity index (χ4n) is 2.87. The van der Waals surface area contributed by atoms with Gasteiger partial charge in [0.25, 0.3) is 0 Å². The van der Waals surface area contributed by atoms with Crippen LogP contribution >= 0.6 is 0 Å². The van der Waals surface area contributed by atoms with Crippen LogP contribution in [0.4, 0.5) is 8.78 Å². The normalized spacial score (nSPS) is 21.5. The Hall–Kier alpha value is -1.20. The van der Waals surface area contributed by atoms with Crippen LogP contribution in [0.15, 0.2) is 24.3 Å². The molecule has 0 aromatic heterocycles. The minimum absolute atomic E-state index is 0.201. The fourth-order valence-corrected chi connectivity index (χ4v) is 2.87. The van der Waals surface area contributed by atoms with Crippen molar-refractivity contribution in [1.82, 2.24) is 10.2 Å². The van der Waals surface area contributed by atoms with E-state index in [1.54, 1.807) is 12.1 Å². The fraction of sp³-hybridized carbons (Fsp3) is 0.625. The van der Waals surface area contributed by atoms with Gasteiger partial charge in [0, 0.05) is 18.6 Å². The monoisotopic (exact) mass is 298 g/mol. The molecular formula is C16H24F2N2O. The number of benzene rings is 1. The van der Waals surface area contributed by atoms with Crippen molar-refractivity contribution in [3.8, 4) is 5.75 Å². The standard InChI is InChI=1S/C16H24F2N2O/c1-3-20-10-4-5-14(11-20)19-12(2)13-6-8-15(9-7-13)21-16(17)18/h6-9,12,14,16,19H,3-5,10-11H2,1-2H3. The second-order valence-electron chi connectivity index (χ2n) is 5.57. The van der Waals surface area contributed by atoms with Gasteiger partial charge in [-0.05, 0) is 50.6 Å². The Balaban J connectivity index is 1.89. The number of nitrogens with zero attached hydrogens (tertiary/aromatic N) is 1. The van der Waals surface area contributed by atoms with Crippen LogP contribution in [0.1, 0.15) is 38.3 Å². The zero-order chi connectivity index (χ0) is 15.2. The highest BCUT2D eigenvalue weighted by atomic mass is 19.3. The lowest BCUT2D eigenvalue weighted by molar-refractivity contribution is -0.0498. The molecule has 0 bridgehead atoms. The van der Waals surface area contributed by atoms with E-state index in [0.717, 1.165) is 18.7 Å². The van der Waals surface area contributed by atoms with Gasteiger partial charge in [0.1, 0.15) is 5.75 Å². The summed E-state index contributed by atoms with van der Waals surface area (Å²) in [6.07, 6.45) is 2.41. The van der Waals surface area contributed by atoms with Crippen LogP contribution in [-0.2, 0) is 0 Å². The Bertz CT molecular complexity index is 425. The molecular weight excluding hydrogens is 274 g/mol. The zero-order valence-corrected chi connectivity index (χ0v) is 12.7. The molecule has 0 aliphatic carbocycles. The second kappa shape index (κ2) is 7.71. The van der Waals surface area contributed by atoms with Crippen molar-refractivity contribution in [3.63, 3.8) is 0 Å². The molecule has 2 atom stereocenters. The van der Waals surface area contributed by atoms with Crippen LogP contribution in [0.3, 0.4) is 0 Å². The first kappa shape index (κ1) is 16.2. The van der Waals surface area contributed by atoms with Gasteiger partial charge >= 0.3 is 6.61 Å². The van der Waals surface area contributed by atoms with E-state index in [1.165, 1.54) is 19.4 Å². The minimum atomic E-state index is -2.77. The van der Waals surface area contributed by atoms with Crippen LogP contribution in [0.5, 0.6) is 5.75 Å². The van der Waals surface area contributed by atoms with E-state index in [4.69, 9.17) is 0 Å². The quantitative estimate of drug-likeness (QED) is 0.871. The summed E-state index contributed by atoms with van der Waals surface area (Å²) in [4.78, 5) is 2.45. The number of halogens is 2. The summed E-state index contributed by atoms with van der Waals surface area (Å²) in [5.41, 5.74) is 1.09. The molecule has 1 aromatic rings. The highest BCUT2D eigenvalue weighted by molar-refractivity contribution is 5.29. The molecule has 0 radical (unpaired) electrons. The van der Waals surface area contributed by atoms with Crippen molar-refractivity contribution >= 4 is 0 Å². The first-order valence-electron chi connectivity index (χ1n) is 7.61. The van der Waals surface area contributed by atoms with Gasteiger partial charge in [-0.1, -0.05) is 19.1 Å². The molecule has 1 aliphatic rings. The van der Waals surface area contributed by atoms with Crippen molar-refractivity contribution in [2.75, 3.05) is 19.6 Å². The molecule has 1 aliphatic heterocycles. The van der Waals surface area contributed by atoms with E-state index < -0.39 is 6.61 Å². The Morgan fingerprint density at radius 1 is 1.33 bits per heavy atom. The number of rotatable bonds is 6. The van der Waals surface area contributed by atoms with Crippen LogP contribution in [0.25, 0.3) is 0 Å². The summed E-state index contributed by atoms with van der Waals surface area (Å²) in [7, 11) is 0. The third-order valence-corrected chi connectivity index (χ3v) is 4.04. The van der Waals surface area contributed by atoms with Gasteiger partial charge in [-0.25, -0.2) is 0 Å². The number of nitrogens with one attached hydrogen (secondary N) is 1. The van der Waals surface area contributed by atoms with Crippen molar-refractivity contribution in [2.45, 2.75) is 45.4 Å². The van der Waals surface area contributed by atoms with Gasteiger partial charge in [-0.15, -0.1) is 0 Å². The predicted octanol–water partition coefficient (Wildman–Crippen LogP) is 3.42. The molecule has 1 aromatic carbocycles. The maximum Gasteiger partial charge on any atom is 0.387 e. The van der Waals surface area contributed by atoms with Crippen molar-refractivity contribution in [1.29, 1.82) is 0 Å². The maximum atomic E-state index is 12.1. The Labute approximate surface area is 125 Å². The highest BCUT2D eigenvalue weighted by Gasteiger charge is 2.20. The van der Waals surface area contributed by atoms with Crippen molar-refractivity contribution in [3.05, 3.63) is 29.8 Å². The number of ether oxygens (including phenoxy) is 1. The molecule has 2 rings (SSSR count). The van der Waals surface area contributed by atoms with Crippen LogP contribution in [-0.4, -0.2) is 37.2 Å². The van der Waals surface area contributed by atoms with Gasteiger partial charge in [-0.3, -0.25) is 0 Å². The number of alkyl halides is 2. The van der Waals surface area contributed by atoms with Gasteiger partial charge in [0.15, 0.2) is 0 Å². The smallest absolute Gasteiger partial charge is 0.387 e. The van der Waals surface area contributed by atoms with E-state index in [9.17, 15) is 8.78 Å². The largest absolute Gasteiger partial charge is 0.435 e. The van der Waals surface area contributed by atoms with Crippen LogP contribution < -0.4 is 10.1 Å². The molecule has 21 heavy (non-hydrogen) atoms. The molecule has 118 valence electrons. The van der Waals surface area contributed by atoms with Gasteiger partial charge < -0.3 is 15.0 Å². The van der Waals surface area contributed by atoms with E-state index in [0.29, 0.717) is 6.04 Å². The van der Waals surface area contributed by atoms with Crippen molar-refractivity contribution in [2.24, 2.45) is 0 Å². The minimum Gasteiger partial charge on any atom is -0.435 e. The summed E-state index contributed by atoms with van der Waals surface area (Å²) in [5, 5.41) is 3.63. The third-order valence-electron chi connectivity index (χ3n) is 4.04. The molecule has 0 amide bonds. The average molecular weight is 298 g/mol. The Morgan fingerprint density at radius 3 is 2.67 bits per heavy atom. The molecule has 1 heterocycles. The van der Waals surface area contributed by atoms with Crippen LogP contribution in [0.2, 0.25) is 0 Å². The highest BCUT2D eigenvalue weighted by Crippen LogP contribution is 2.21. The topological polar surface area (TPSA) is 24.5 Å². The van der Waals surface area contributed by atoms with Gasteiger partial charge in [-0.2, -0.15) is 8.78 Å². The van der Waals surface area contributed by atoms with E-state index >= 15 is 0 Å². The number of hydrogen-bond donors (Lipinski definition) is 1. The second-order valence-corrected chi connectivity index (χ2v) is 5.57. The van der Waals surface area contributed by atoms with E-state index in [2.05, 4.69) is 28.8 Å². The summed E-state index contributed by atoms with van der Waals surface area (Å²) in [6, 6.07) is 7.57. The van der Waals surface area contributed by atoms with Gasteiger partial charge in [0.2, 0.25) is 0 Å². The van der Waals surface area contributed by atoms with Crippen molar-refractivity contribution < 1.29 is 13.5 Å². The summed E-state index contributed by atoms with van der Waals surface area (Å²) < 4.78 is 28.6. The van der Waals surface area contributed by atoms with E-state index in [1.807, 2.05) is 12.1 Å². The lowest BCUT2D eigenvalue weighted by Gasteiger charge is -2.34. The number of likely N-dealkylation sites (N-methyl/N-ethyl adjacent to an activating group) is 1. The van der Waals surface area contributed by atoms with E-state index in [-0.39, 0.29) is 11.8 Å². The molecule has 3 nitrogen and oxygen atoms in total. The zero-order valence-electron chi connectivity index (χ0n) is 12.7. The summed E-state index contributed by atoms with van der Waals surface area (Å²) in [5.74, 6) is 0.204. The Kier molecular flexibility index (Phi) is 5.94. The first-order chi connectivity index (χ1) is 10.1. The van der Waals surface area contributed by atoms with Crippen LogP contribution in [0, 0.1) is 0 Å². The number of hydrogen-bond acceptors (Lipinski definition) is 3. The summed E-state index contributed by atoms with van der Waals surface area (Å²) in [6.45, 7) is 4.87. The molecule has 1 saturated heterocycles. The molecule has 1 N–H and O–H groups in total. The molecule has 5 heteroatoms. The third kappa shape index (κ3) is 4.93. The Morgan fingerprint density at radius 2 is 2.05 bits per heavy atom. The molecule has 1 fully saturated rings. The average Bonchev–Trinajstić information content (AvgIpc) is 2.47. The molecule has 0 saturated carbocycles. The molecule has 2 unspecified atom stereocenters.